The van der Waals surface area contributed by atoms with Gasteiger partial charge in [0, 0.05) is 36.6 Å². The molecule has 1 aliphatic carbocycles. The highest BCUT2D eigenvalue weighted by atomic mass is 16.5. The zero-order valence-corrected chi connectivity index (χ0v) is 18.1. The van der Waals surface area contributed by atoms with Crippen molar-refractivity contribution in [2.75, 3.05) is 4.90 Å². The van der Waals surface area contributed by atoms with Gasteiger partial charge in [-0.2, -0.15) is 0 Å². The van der Waals surface area contributed by atoms with Crippen LogP contribution in [0.4, 0.5) is 5.95 Å². The topological polar surface area (TPSA) is 69.5 Å². The maximum absolute atomic E-state index is 13.1. The van der Waals surface area contributed by atoms with Crippen molar-refractivity contribution < 1.29 is 9.47 Å². The maximum Gasteiger partial charge on any atom is 0.255 e. The SMILES string of the molecule is CC1CCn2c(nc(-c3ccncc3)cc2=O)N1C(CC1=CC=CCC1)C1=COC=CO1. The molecule has 4 heterocycles. The van der Waals surface area contributed by atoms with Crippen LogP contribution in [0.15, 0.2) is 83.7 Å². The fourth-order valence-corrected chi connectivity index (χ4v) is 4.51. The molecule has 0 saturated carbocycles. The van der Waals surface area contributed by atoms with Crippen LogP contribution in [0.25, 0.3) is 11.3 Å². The molecule has 0 saturated heterocycles. The van der Waals surface area contributed by atoms with Gasteiger partial charge in [0.15, 0.2) is 5.76 Å². The summed E-state index contributed by atoms with van der Waals surface area (Å²) in [5, 5.41) is 0. The molecular weight excluding hydrogens is 404 g/mol. The Morgan fingerprint density at radius 2 is 2.12 bits per heavy atom. The average Bonchev–Trinajstić information content (AvgIpc) is 2.84. The summed E-state index contributed by atoms with van der Waals surface area (Å²) in [5.74, 6) is 1.38. The van der Waals surface area contributed by atoms with E-state index in [0.29, 0.717) is 23.9 Å². The van der Waals surface area contributed by atoms with Gasteiger partial charge in [0.1, 0.15) is 18.8 Å². The number of fused-ring (bicyclic) bond motifs is 1. The van der Waals surface area contributed by atoms with Crippen molar-refractivity contribution in [1.82, 2.24) is 14.5 Å². The molecule has 0 N–H and O–H groups in total. The molecule has 7 nitrogen and oxygen atoms in total. The van der Waals surface area contributed by atoms with Gasteiger partial charge in [-0.1, -0.05) is 23.8 Å². The van der Waals surface area contributed by atoms with Crippen LogP contribution >= 0.6 is 0 Å². The van der Waals surface area contributed by atoms with Crippen molar-refractivity contribution in [3.8, 4) is 11.3 Å². The second-order valence-electron chi connectivity index (χ2n) is 8.27. The van der Waals surface area contributed by atoms with Crippen molar-refractivity contribution >= 4 is 5.95 Å². The summed E-state index contributed by atoms with van der Waals surface area (Å²) in [6.07, 6.45) is 18.3. The van der Waals surface area contributed by atoms with Gasteiger partial charge in [-0.25, -0.2) is 4.98 Å². The first-order valence-electron chi connectivity index (χ1n) is 11.0. The minimum atomic E-state index is -0.140. The van der Waals surface area contributed by atoms with Gasteiger partial charge in [0.25, 0.3) is 5.56 Å². The number of hydrogen-bond acceptors (Lipinski definition) is 6. The third-order valence-electron chi connectivity index (χ3n) is 6.18. The fourth-order valence-electron chi connectivity index (χ4n) is 4.51. The Morgan fingerprint density at radius 3 is 2.88 bits per heavy atom. The zero-order valence-electron chi connectivity index (χ0n) is 18.1. The third-order valence-corrected chi connectivity index (χ3v) is 6.18. The van der Waals surface area contributed by atoms with Gasteiger partial charge >= 0.3 is 0 Å². The highest BCUT2D eigenvalue weighted by Crippen LogP contribution is 2.34. The number of pyridine rings is 1. The number of aromatic nitrogens is 3. The molecule has 2 aromatic heterocycles. The Labute approximate surface area is 187 Å². The standard InChI is InChI=1S/C25H26N4O3/c1-18-9-12-28-24(30)16-21(20-7-10-26-11-8-20)27-25(28)29(18)22(23-17-31-13-14-32-23)15-19-5-3-2-4-6-19/h2-3,5,7-8,10-11,13-14,16-18,22H,4,6,9,12,15H2,1H3. The second kappa shape index (κ2) is 8.86. The largest absolute Gasteiger partial charge is 0.466 e. The monoisotopic (exact) mass is 430 g/mol. The predicted molar refractivity (Wildman–Crippen MR) is 123 cm³/mol. The van der Waals surface area contributed by atoms with Crippen LogP contribution in [0.2, 0.25) is 0 Å². The van der Waals surface area contributed by atoms with Gasteiger partial charge < -0.3 is 14.4 Å². The molecule has 0 bridgehead atoms. The zero-order chi connectivity index (χ0) is 21.9. The van der Waals surface area contributed by atoms with Gasteiger partial charge in [0.05, 0.1) is 11.7 Å². The van der Waals surface area contributed by atoms with Crippen molar-refractivity contribution in [3.05, 3.63) is 89.3 Å². The van der Waals surface area contributed by atoms with Crippen LogP contribution in [0.5, 0.6) is 0 Å². The molecule has 0 fully saturated rings. The van der Waals surface area contributed by atoms with Gasteiger partial charge in [0.2, 0.25) is 5.95 Å². The Kier molecular flexibility index (Phi) is 5.62. The van der Waals surface area contributed by atoms with Crippen molar-refractivity contribution in [3.63, 3.8) is 0 Å². The summed E-state index contributed by atoms with van der Waals surface area (Å²) in [4.78, 5) is 24.4. The van der Waals surface area contributed by atoms with Crippen LogP contribution in [0.1, 0.15) is 32.6 Å². The van der Waals surface area contributed by atoms with Gasteiger partial charge in [-0.15, -0.1) is 0 Å². The molecule has 2 aromatic rings. The Balaban J connectivity index is 1.61. The number of anilines is 1. The molecule has 0 aromatic carbocycles. The summed E-state index contributed by atoms with van der Waals surface area (Å²) >= 11 is 0. The lowest BCUT2D eigenvalue weighted by molar-refractivity contribution is 0.226. The molecule has 32 heavy (non-hydrogen) atoms. The summed E-state index contributed by atoms with van der Waals surface area (Å²) in [6.45, 7) is 2.82. The van der Waals surface area contributed by atoms with Crippen molar-refractivity contribution in [2.45, 2.75) is 51.2 Å². The first-order chi connectivity index (χ1) is 15.7. The highest BCUT2D eigenvalue weighted by molar-refractivity contribution is 5.60. The van der Waals surface area contributed by atoms with Crippen molar-refractivity contribution in [1.29, 1.82) is 0 Å². The fraction of sp³-hybridized carbons (Fsp3) is 0.320. The summed E-state index contributed by atoms with van der Waals surface area (Å²) in [5.41, 5.74) is 2.81. The van der Waals surface area contributed by atoms with E-state index in [2.05, 4.69) is 35.0 Å². The van der Waals surface area contributed by atoms with Crippen LogP contribution in [-0.2, 0) is 16.0 Å². The minimum Gasteiger partial charge on any atom is -0.466 e. The van der Waals surface area contributed by atoms with Crippen LogP contribution in [0.3, 0.4) is 0 Å². The highest BCUT2D eigenvalue weighted by Gasteiger charge is 2.35. The minimum absolute atomic E-state index is 0.0491. The van der Waals surface area contributed by atoms with Crippen LogP contribution in [0, 0.1) is 0 Å². The van der Waals surface area contributed by atoms with E-state index < -0.39 is 0 Å². The van der Waals surface area contributed by atoms with E-state index in [1.807, 2.05) is 12.1 Å². The van der Waals surface area contributed by atoms with E-state index in [0.717, 1.165) is 31.2 Å². The summed E-state index contributed by atoms with van der Waals surface area (Å²) in [6, 6.07) is 5.39. The van der Waals surface area contributed by atoms with E-state index >= 15 is 0 Å². The number of hydrogen-bond donors (Lipinski definition) is 0. The Morgan fingerprint density at radius 1 is 1.25 bits per heavy atom. The van der Waals surface area contributed by atoms with Crippen LogP contribution in [-0.4, -0.2) is 26.6 Å². The van der Waals surface area contributed by atoms with E-state index in [1.54, 1.807) is 35.6 Å². The van der Waals surface area contributed by atoms with E-state index in [4.69, 9.17) is 14.5 Å². The Hall–Kier alpha value is -3.61. The Bertz CT molecular complexity index is 1160. The second-order valence-corrected chi connectivity index (χ2v) is 8.27. The molecule has 2 atom stereocenters. The lowest BCUT2D eigenvalue weighted by atomic mass is 9.94. The van der Waals surface area contributed by atoms with E-state index in [-0.39, 0.29) is 17.6 Å². The maximum atomic E-state index is 13.1. The van der Waals surface area contributed by atoms with E-state index in [9.17, 15) is 4.79 Å². The molecule has 5 rings (SSSR count). The first-order valence-corrected chi connectivity index (χ1v) is 11.0. The molecule has 0 spiro atoms. The predicted octanol–water partition coefficient (Wildman–Crippen LogP) is 4.30. The molecule has 3 aliphatic rings. The first kappa shape index (κ1) is 20.3. The van der Waals surface area contributed by atoms with Crippen molar-refractivity contribution in [2.24, 2.45) is 0 Å². The molecule has 7 heteroatoms. The molecule has 164 valence electrons. The molecule has 2 unspecified atom stereocenters. The molecule has 2 aliphatic heterocycles. The summed E-state index contributed by atoms with van der Waals surface area (Å²) in [7, 11) is 0. The third kappa shape index (κ3) is 3.98. The van der Waals surface area contributed by atoms with Gasteiger partial charge in [-0.3, -0.25) is 14.3 Å². The van der Waals surface area contributed by atoms with E-state index in [1.165, 1.54) is 11.8 Å². The average molecular weight is 431 g/mol. The number of nitrogens with zero attached hydrogens (tertiary/aromatic N) is 4. The molecule has 0 amide bonds. The van der Waals surface area contributed by atoms with Crippen LogP contribution < -0.4 is 10.5 Å². The molecule has 0 radical (unpaired) electrons. The molecular formula is C25H26N4O3. The number of allylic oxidation sites excluding steroid dienone is 3. The normalized spacial score (nSPS) is 20.5. The lowest BCUT2D eigenvalue weighted by Crippen LogP contribution is -2.50. The number of rotatable bonds is 5. The van der Waals surface area contributed by atoms with Gasteiger partial charge in [-0.05, 0) is 44.7 Å². The quantitative estimate of drug-likeness (QED) is 0.705. The lowest BCUT2D eigenvalue weighted by Gasteiger charge is -2.42. The smallest absolute Gasteiger partial charge is 0.255 e. The summed E-state index contributed by atoms with van der Waals surface area (Å²) < 4.78 is 13.1. The number of ether oxygens (including phenoxy) is 2.